The van der Waals surface area contributed by atoms with Crippen LogP contribution < -0.4 is 5.73 Å². The molecule has 0 fully saturated rings. The zero-order chi connectivity index (χ0) is 11.7. The van der Waals surface area contributed by atoms with Crippen LogP contribution in [0.15, 0.2) is 0 Å². The quantitative estimate of drug-likeness (QED) is 0.465. The number of methoxy groups -OCH3 is 1. The molecule has 0 amide bonds. The normalized spacial score (nSPS) is 12.9. The fourth-order valence-electron chi connectivity index (χ4n) is 0.814. The Kier molecular flexibility index (Phi) is 8.27. The maximum absolute atomic E-state index is 11.2. The second-order valence-electron chi connectivity index (χ2n) is 3.54. The standard InChI is InChI=1S/C10H21NO4/c1-8(2)9(11)10(12)15-7-6-14-5-4-13-3/h8-9H,4-7,11H2,1-3H3/t9-/m0/s1. The van der Waals surface area contributed by atoms with Gasteiger partial charge in [-0.05, 0) is 5.92 Å². The third-order valence-electron chi connectivity index (χ3n) is 1.89. The Morgan fingerprint density at radius 2 is 1.80 bits per heavy atom. The molecule has 0 aromatic heterocycles. The predicted octanol–water partition coefficient (Wildman–Crippen LogP) is 0.176. The Morgan fingerprint density at radius 1 is 1.20 bits per heavy atom. The lowest BCUT2D eigenvalue weighted by atomic mass is 10.1. The van der Waals surface area contributed by atoms with Gasteiger partial charge in [-0.25, -0.2) is 0 Å². The van der Waals surface area contributed by atoms with E-state index in [9.17, 15) is 4.79 Å². The lowest BCUT2D eigenvalue weighted by Crippen LogP contribution is -2.37. The van der Waals surface area contributed by atoms with Gasteiger partial charge in [0.05, 0.1) is 19.8 Å². The summed E-state index contributed by atoms with van der Waals surface area (Å²) in [5, 5.41) is 0. The van der Waals surface area contributed by atoms with Gasteiger partial charge in [-0.15, -0.1) is 0 Å². The van der Waals surface area contributed by atoms with Crippen molar-refractivity contribution in [2.45, 2.75) is 19.9 Å². The third-order valence-corrected chi connectivity index (χ3v) is 1.89. The summed E-state index contributed by atoms with van der Waals surface area (Å²) >= 11 is 0. The largest absolute Gasteiger partial charge is 0.462 e. The number of hydrogen-bond donors (Lipinski definition) is 1. The molecule has 0 aliphatic carbocycles. The van der Waals surface area contributed by atoms with Crippen LogP contribution in [0, 0.1) is 5.92 Å². The molecule has 0 aromatic rings. The minimum absolute atomic E-state index is 0.0897. The van der Waals surface area contributed by atoms with Crippen molar-refractivity contribution in [2.24, 2.45) is 11.7 Å². The van der Waals surface area contributed by atoms with Crippen LogP contribution in [0.5, 0.6) is 0 Å². The van der Waals surface area contributed by atoms with Crippen LogP contribution in [0.1, 0.15) is 13.8 Å². The highest BCUT2D eigenvalue weighted by atomic mass is 16.6. The van der Waals surface area contributed by atoms with Gasteiger partial charge >= 0.3 is 5.97 Å². The van der Waals surface area contributed by atoms with E-state index >= 15 is 0 Å². The van der Waals surface area contributed by atoms with Gasteiger partial charge in [0.2, 0.25) is 0 Å². The molecule has 0 radical (unpaired) electrons. The molecule has 1 atom stereocenters. The van der Waals surface area contributed by atoms with Crippen LogP contribution in [0.4, 0.5) is 0 Å². The summed E-state index contributed by atoms with van der Waals surface area (Å²) in [5.74, 6) is -0.285. The van der Waals surface area contributed by atoms with Gasteiger partial charge in [0.15, 0.2) is 0 Å². The van der Waals surface area contributed by atoms with E-state index in [2.05, 4.69) is 0 Å². The molecular formula is C10H21NO4. The molecule has 0 aromatic carbocycles. The lowest BCUT2D eigenvalue weighted by Gasteiger charge is -2.14. The van der Waals surface area contributed by atoms with Crippen LogP contribution in [0.2, 0.25) is 0 Å². The van der Waals surface area contributed by atoms with Crippen LogP contribution in [-0.4, -0.2) is 45.5 Å². The summed E-state index contributed by atoms with van der Waals surface area (Å²) in [5.41, 5.74) is 5.59. The minimum atomic E-state index is -0.552. The molecule has 0 unspecified atom stereocenters. The third kappa shape index (κ3) is 7.30. The number of ether oxygens (including phenoxy) is 3. The molecule has 0 aliphatic heterocycles. The number of rotatable bonds is 8. The second-order valence-corrected chi connectivity index (χ2v) is 3.54. The topological polar surface area (TPSA) is 70.8 Å². The van der Waals surface area contributed by atoms with Crippen molar-refractivity contribution in [1.82, 2.24) is 0 Å². The van der Waals surface area contributed by atoms with Crippen molar-refractivity contribution in [3.63, 3.8) is 0 Å². The summed E-state index contributed by atoms with van der Waals surface area (Å²) in [6, 6.07) is -0.552. The fraction of sp³-hybridized carbons (Fsp3) is 0.900. The van der Waals surface area contributed by atoms with Crippen LogP contribution in [-0.2, 0) is 19.0 Å². The molecule has 0 bridgehead atoms. The minimum Gasteiger partial charge on any atom is -0.462 e. The number of esters is 1. The average molecular weight is 219 g/mol. The first-order chi connectivity index (χ1) is 7.09. The molecular weight excluding hydrogens is 198 g/mol. The van der Waals surface area contributed by atoms with Crippen molar-refractivity contribution in [1.29, 1.82) is 0 Å². The first-order valence-electron chi connectivity index (χ1n) is 5.08. The Labute approximate surface area is 90.9 Å². The number of carbonyl (C=O) groups excluding carboxylic acids is 1. The van der Waals surface area contributed by atoms with Gasteiger partial charge in [0.1, 0.15) is 12.6 Å². The smallest absolute Gasteiger partial charge is 0.323 e. The first-order valence-corrected chi connectivity index (χ1v) is 5.08. The van der Waals surface area contributed by atoms with Crippen LogP contribution >= 0.6 is 0 Å². The Morgan fingerprint density at radius 3 is 2.33 bits per heavy atom. The summed E-state index contributed by atoms with van der Waals surface area (Å²) < 4.78 is 14.8. The Balaban J connectivity index is 3.39. The summed E-state index contributed by atoms with van der Waals surface area (Å²) in [4.78, 5) is 11.2. The van der Waals surface area contributed by atoms with Gasteiger partial charge in [-0.1, -0.05) is 13.8 Å². The van der Waals surface area contributed by atoms with Gasteiger partial charge in [-0.3, -0.25) is 4.79 Å². The van der Waals surface area contributed by atoms with E-state index in [1.165, 1.54) is 0 Å². The van der Waals surface area contributed by atoms with Crippen molar-refractivity contribution >= 4 is 5.97 Å². The SMILES string of the molecule is COCCOCCOC(=O)[C@@H](N)C(C)C. The Bertz CT molecular complexity index is 173. The molecule has 15 heavy (non-hydrogen) atoms. The average Bonchev–Trinajstić information content (AvgIpc) is 2.21. The van der Waals surface area contributed by atoms with E-state index in [1.807, 2.05) is 13.8 Å². The number of hydrogen-bond acceptors (Lipinski definition) is 5. The highest BCUT2D eigenvalue weighted by molar-refractivity contribution is 5.75. The van der Waals surface area contributed by atoms with Crippen molar-refractivity contribution in [2.75, 3.05) is 33.5 Å². The molecule has 0 spiro atoms. The van der Waals surface area contributed by atoms with Gasteiger partial charge < -0.3 is 19.9 Å². The Hall–Kier alpha value is -0.650. The first kappa shape index (κ1) is 14.3. The molecule has 0 saturated heterocycles. The van der Waals surface area contributed by atoms with Gasteiger partial charge in [0, 0.05) is 7.11 Å². The van der Waals surface area contributed by atoms with Crippen molar-refractivity contribution in [3.05, 3.63) is 0 Å². The molecule has 2 N–H and O–H groups in total. The van der Waals surface area contributed by atoms with E-state index in [-0.39, 0.29) is 18.5 Å². The molecule has 5 nitrogen and oxygen atoms in total. The summed E-state index contributed by atoms with van der Waals surface area (Å²) in [7, 11) is 1.60. The highest BCUT2D eigenvalue weighted by Gasteiger charge is 2.18. The van der Waals surface area contributed by atoms with E-state index in [0.717, 1.165) is 0 Å². The van der Waals surface area contributed by atoms with Gasteiger partial charge in [-0.2, -0.15) is 0 Å². The highest BCUT2D eigenvalue weighted by Crippen LogP contribution is 2.00. The van der Waals surface area contributed by atoms with Crippen molar-refractivity contribution in [3.8, 4) is 0 Å². The van der Waals surface area contributed by atoms with Gasteiger partial charge in [0.25, 0.3) is 0 Å². The summed E-state index contributed by atoms with van der Waals surface area (Å²) in [6.07, 6.45) is 0. The second kappa shape index (κ2) is 8.64. The van der Waals surface area contributed by atoms with E-state index < -0.39 is 6.04 Å². The number of nitrogens with two attached hydrogens (primary N) is 1. The maximum atomic E-state index is 11.2. The molecule has 5 heteroatoms. The summed E-state index contributed by atoms with van der Waals surface area (Å²) in [6.45, 7) is 5.41. The van der Waals surface area contributed by atoms with E-state index in [4.69, 9.17) is 19.9 Å². The van der Waals surface area contributed by atoms with E-state index in [1.54, 1.807) is 7.11 Å². The molecule has 0 heterocycles. The molecule has 0 rings (SSSR count). The van der Waals surface area contributed by atoms with Crippen molar-refractivity contribution < 1.29 is 19.0 Å². The molecule has 0 aliphatic rings. The predicted molar refractivity (Wildman–Crippen MR) is 56.5 cm³/mol. The zero-order valence-electron chi connectivity index (χ0n) is 9.69. The molecule has 90 valence electrons. The monoisotopic (exact) mass is 219 g/mol. The van der Waals surface area contributed by atoms with Crippen LogP contribution in [0.25, 0.3) is 0 Å². The van der Waals surface area contributed by atoms with E-state index in [0.29, 0.717) is 19.8 Å². The maximum Gasteiger partial charge on any atom is 0.323 e. The molecule has 0 saturated carbocycles. The zero-order valence-corrected chi connectivity index (χ0v) is 9.69. The van der Waals surface area contributed by atoms with Crippen LogP contribution in [0.3, 0.4) is 0 Å². The fourth-order valence-corrected chi connectivity index (χ4v) is 0.814. The number of carbonyl (C=O) groups is 1. The lowest BCUT2D eigenvalue weighted by molar-refractivity contribution is -0.147.